The molecular weight excluding hydrogens is 172 g/mol. The quantitative estimate of drug-likeness (QED) is 0.678. The highest BCUT2D eigenvalue weighted by atomic mass is 15.0. The maximum absolute atomic E-state index is 3.24. The average Bonchev–Trinajstić information content (AvgIpc) is 2.00. The van der Waals surface area contributed by atoms with Gasteiger partial charge < -0.3 is 10.2 Å². The molecule has 1 unspecified atom stereocenters. The third-order valence-electron chi connectivity index (χ3n) is 2.69. The molecule has 0 saturated carbocycles. The molecule has 0 saturated heterocycles. The fourth-order valence-corrected chi connectivity index (χ4v) is 1.99. The third-order valence-corrected chi connectivity index (χ3v) is 2.69. The van der Waals surface area contributed by atoms with E-state index in [1.165, 1.54) is 19.4 Å². The summed E-state index contributed by atoms with van der Waals surface area (Å²) < 4.78 is 0. The summed E-state index contributed by atoms with van der Waals surface area (Å²) in [5.41, 5.74) is 0.473. The topological polar surface area (TPSA) is 15.3 Å². The van der Waals surface area contributed by atoms with Gasteiger partial charge in [-0.2, -0.15) is 0 Å². The van der Waals surface area contributed by atoms with Crippen molar-refractivity contribution in [3.8, 4) is 0 Å². The molecule has 14 heavy (non-hydrogen) atoms. The summed E-state index contributed by atoms with van der Waals surface area (Å²) in [5.74, 6) is 0.775. The highest BCUT2D eigenvalue weighted by Gasteiger charge is 2.20. The van der Waals surface area contributed by atoms with Crippen LogP contribution in [0.5, 0.6) is 0 Å². The number of hydrogen-bond donors (Lipinski definition) is 1. The Labute approximate surface area is 90.1 Å². The van der Waals surface area contributed by atoms with Crippen LogP contribution in [0.25, 0.3) is 0 Å². The van der Waals surface area contributed by atoms with Gasteiger partial charge in [-0.1, -0.05) is 20.8 Å². The van der Waals surface area contributed by atoms with E-state index in [2.05, 4.69) is 45.1 Å². The Kier molecular flexibility index (Phi) is 6.38. The van der Waals surface area contributed by atoms with Crippen LogP contribution in [0, 0.1) is 11.3 Å². The first-order chi connectivity index (χ1) is 6.37. The summed E-state index contributed by atoms with van der Waals surface area (Å²) in [5, 5.41) is 3.24. The van der Waals surface area contributed by atoms with Crippen LogP contribution in [0.15, 0.2) is 0 Å². The van der Waals surface area contributed by atoms with Gasteiger partial charge in [-0.3, -0.25) is 0 Å². The average molecular weight is 200 g/mol. The standard InChI is InChI=1S/C12H28N2/c1-11(10-13-4)9-12(2,3)7-8-14(5)6/h11,13H,7-10H2,1-6H3. The largest absolute Gasteiger partial charge is 0.319 e. The van der Waals surface area contributed by atoms with Gasteiger partial charge in [0.05, 0.1) is 0 Å². The first-order valence-corrected chi connectivity index (χ1v) is 5.67. The van der Waals surface area contributed by atoms with Crippen molar-refractivity contribution >= 4 is 0 Å². The van der Waals surface area contributed by atoms with E-state index >= 15 is 0 Å². The predicted molar refractivity (Wildman–Crippen MR) is 64.7 cm³/mol. The molecule has 0 fully saturated rings. The zero-order chi connectivity index (χ0) is 11.2. The summed E-state index contributed by atoms with van der Waals surface area (Å²) in [7, 11) is 6.32. The van der Waals surface area contributed by atoms with E-state index in [1.54, 1.807) is 0 Å². The van der Waals surface area contributed by atoms with Crippen LogP contribution in [0.2, 0.25) is 0 Å². The van der Waals surface area contributed by atoms with E-state index in [9.17, 15) is 0 Å². The zero-order valence-corrected chi connectivity index (χ0v) is 10.9. The molecule has 0 aromatic carbocycles. The van der Waals surface area contributed by atoms with E-state index in [4.69, 9.17) is 0 Å². The Balaban J connectivity index is 3.81. The van der Waals surface area contributed by atoms with Gasteiger partial charge in [0.15, 0.2) is 0 Å². The highest BCUT2D eigenvalue weighted by molar-refractivity contribution is 4.73. The van der Waals surface area contributed by atoms with Crippen LogP contribution in [-0.2, 0) is 0 Å². The molecular formula is C12H28N2. The van der Waals surface area contributed by atoms with Crippen molar-refractivity contribution in [2.24, 2.45) is 11.3 Å². The van der Waals surface area contributed by atoms with Crippen LogP contribution in [0.1, 0.15) is 33.6 Å². The normalized spacial score (nSPS) is 14.8. The maximum Gasteiger partial charge on any atom is -0.00197 e. The second-order valence-corrected chi connectivity index (χ2v) is 5.58. The summed E-state index contributed by atoms with van der Waals surface area (Å²) in [4.78, 5) is 2.27. The molecule has 0 aromatic rings. The molecule has 0 amide bonds. The van der Waals surface area contributed by atoms with Gasteiger partial charge in [-0.25, -0.2) is 0 Å². The van der Waals surface area contributed by atoms with Crippen molar-refractivity contribution in [2.45, 2.75) is 33.6 Å². The minimum Gasteiger partial charge on any atom is -0.319 e. The van der Waals surface area contributed by atoms with Gasteiger partial charge in [0.2, 0.25) is 0 Å². The smallest absolute Gasteiger partial charge is 0.00197 e. The van der Waals surface area contributed by atoms with Gasteiger partial charge >= 0.3 is 0 Å². The first-order valence-electron chi connectivity index (χ1n) is 5.67. The molecule has 2 nitrogen and oxygen atoms in total. The molecule has 1 atom stereocenters. The fraction of sp³-hybridized carbons (Fsp3) is 1.00. The highest BCUT2D eigenvalue weighted by Crippen LogP contribution is 2.28. The summed E-state index contributed by atoms with van der Waals surface area (Å²) >= 11 is 0. The van der Waals surface area contributed by atoms with Gasteiger partial charge in [-0.15, -0.1) is 0 Å². The molecule has 0 aliphatic heterocycles. The first kappa shape index (κ1) is 13.9. The van der Waals surface area contributed by atoms with Crippen molar-refractivity contribution in [1.29, 1.82) is 0 Å². The lowest BCUT2D eigenvalue weighted by atomic mass is 9.80. The molecule has 0 radical (unpaired) electrons. The second-order valence-electron chi connectivity index (χ2n) is 5.58. The Hall–Kier alpha value is -0.0800. The SMILES string of the molecule is CNCC(C)CC(C)(C)CCN(C)C. The van der Waals surface area contributed by atoms with Gasteiger partial charge in [-0.05, 0) is 58.4 Å². The molecule has 0 rings (SSSR count). The Bertz CT molecular complexity index is 141. The van der Waals surface area contributed by atoms with Gasteiger partial charge in [0, 0.05) is 0 Å². The monoisotopic (exact) mass is 200 g/mol. The van der Waals surface area contributed by atoms with Gasteiger partial charge in [0.25, 0.3) is 0 Å². The van der Waals surface area contributed by atoms with Crippen molar-refractivity contribution in [1.82, 2.24) is 10.2 Å². The summed E-state index contributed by atoms with van der Waals surface area (Å²) in [6, 6.07) is 0. The van der Waals surface area contributed by atoms with E-state index in [1.807, 2.05) is 7.05 Å². The van der Waals surface area contributed by atoms with Crippen molar-refractivity contribution in [2.75, 3.05) is 34.2 Å². The molecule has 0 bridgehead atoms. The molecule has 2 heteroatoms. The number of nitrogens with one attached hydrogen (secondary N) is 1. The predicted octanol–water partition coefficient (Wildman–Crippen LogP) is 2.21. The van der Waals surface area contributed by atoms with Crippen LogP contribution < -0.4 is 5.32 Å². The van der Waals surface area contributed by atoms with Crippen LogP contribution in [0.3, 0.4) is 0 Å². The van der Waals surface area contributed by atoms with Crippen LogP contribution >= 0.6 is 0 Å². The third kappa shape index (κ3) is 7.34. The molecule has 0 aromatic heterocycles. The molecule has 0 spiro atoms. The van der Waals surface area contributed by atoms with E-state index < -0.39 is 0 Å². The Morgan fingerprint density at radius 1 is 1.29 bits per heavy atom. The molecule has 86 valence electrons. The maximum atomic E-state index is 3.24. The van der Waals surface area contributed by atoms with Crippen LogP contribution in [0.4, 0.5) is 0 Å². The minimum absolute atomic E-state index is 0.473. The number of hydrogen-bond acceptors (Lipinski definition) is 2. The number of nitrogens with zero attached hydrogens (tertiary/aromatic N) is 1. The minimum atomic E-state index is 0.473. The van der Waals surface area contributed by atoms with Crippen molar-refractivity contribution in [3.63, 3.8) is 0 Å². The lowest BCUT2D eigenvalue weighted by Crippen LogP contribution is -2.26. The fourth-order valence-electron chi connectivity index (χ4n) is 1.99. The second kappa shape index (κ2) is 6.41. The summed E-state index contributed by atoms with van der Waals surface area (Å²) in [6.45, 7) is 9.41. The molecule has 1 N–H and O–H groups in total. The summed E-state index contributed by atoms with van der Waals surface area (Å²) in [6.07, 6.45) is 2.59. The van der Waals surface area contributed by atoms with E-state index in [-0.39, 0.29) is 0 Å². The van der Waals surface area contributed by atoms with E-state index in [0.29, 0.717) is 5.41 Å². The van der Waals surface area contributed by atoms with Crippen molar-refractivity contribution in [3.05, 3.63) is 0 Å². The zero-order valence-electron chi connectivity index (χ0n) is 10.9. The van der Waals surface area contributed by atoms with E-state index in [0.717, 1.165) is 12.5 Å². The molecule has 0 aliphatic carbocycles. The Morgan fingerprint density at radius 2 is 1.86 bits per heavy atom. The van der Waals surface area contributed by atoms with Crippen molar-refractivity contribution < 1.29 is 0 Å². The van der Waals surface area contributed by atoms with Crippen LogP contribution in [-0.4, -0.2) is 39.1 Å². The molecule has 0 heterocycles. The lowest BCUT2D eigenvalue weighted by Gasteiger charge is -2.29. The molecule has 0 aliphatic rings. The lowest BCUT2D eigenvalue weighted by molar-refractivity contribution is 0.224. The Morgan fingerprint density at radius 3 is 2.29 bits per heavy atom. The van der Waals surface area contributed by atoms with Gasteiger partial charge in [0.1, 0.15) is 0 Å². The number of rotatable bonds is 7.